The van der Waals surface area contributed by atoms with Crippen LogP contribution in [0.5, 0.6) is 0 Å². The van der Waals surface area contributed by atoms with Crippen LogP contribution < -0.4 is 10.6 Å². The standard InChI is InChI=1S/C15H28N4O/c1-16-15(17-10-14(20)19(2)3)18-13-8-7-11-5-4-6-12(11)9-13/h11-13H,4-10H2,1-3H3,(H2,16,17,18). The topological polar surface area (TPSA) is 56.7 Å². The number of nitrogens with zero attached hydrogens (tertiary/aromatic N) is 2. The van der Waals surface area contributed by atoms with Gasteiger partial charge in [-0.15, -0.1) is 0 Å². The first kappa shape index (κ1) is 15.1. The molecule has 2 fully saturated rings. The van der Waals surface area contributed by atoms with Crippen molar-refractivity contribution in [1.82, 2.24) is 15.5 Å². The van der Waals surface area contributed by atoms with E-state index < -0.39 is 0 Å². The van der Waals surface area contributed by atoms with Gasteiger partial charge in [-0.2, -0.15) is 0 Å². The molecule has 0 heterocycles. The average molecular weight is 280 g/mol. The number of carbonyl (C=O) groups excluding carboxylic acids is 1. The lowest BCUT2D eigenvalue weighted by molar-refractivity contribution is -0.127. The minimum Gasteiger partial charge on any atom is -0.354 e. The predicted octanol–water partition coefficient (Wildman–Crippen LogP) is 1.21. The lowest BCUT2D eigenvalue weighted by Gasteiger charge is -2.33. The molecule has 1 amide bonds. The second-order valence-electron chi connectivity index (χ2n) is 6.32. The van der Waals surface area contributed by atoms with Crippen molar-refractivity contribution in [3.05, 3.63) is 0 Å². The minimum atomic E-state index is 0.0625. The van der Waals surface area contributed by atoms with E-state index in [0.29, 0.717) is 12.6 Å². The summed E-state index contributed by atoms with van der Waals surface area (Å²) in [4.78, 5) is 17.4. The van der Waals surface area contributed by atoms with Crippen molar-refractivity contribution in [2.75, 3.05) is 27.7 Å². The van der Waals surface area contributed by atoms with E-state index in [4.69, 9.17) is 0 Å². The number of rotatable bonds is 3. The van der Waals surface area contributed by atoms with Gasteiger partial charge in [-0.05, 0) is 31.1 Å². The Morgan fingerprint density at radius 2 is 1.95 bits per heavy atom. The molecule has 5 nitrogen and oxygen atoms in total. The maximum absolute atomic E-state index is 11.6. The quantitative estimate of drug-likeness (QED) is 0.603. The zero-order chi connectivity index (χ0) is 14.5. The number of likely N-dealkylation sites (N-methyl/N-ethyl adjacent to an activating group) is 1. The third-order valence-corrected chi connectivity index (χ3v) is 4.76. The van der Waals surface area contributed by atoms with E-state index in [2.05, 4.69) is 15.6 Å². The van der Waals surface area contributed by atoms with Crippen LogP contribution in [0.1, 0.15) is 38.5 Å². The van der Waals surface area contributed by atoms with Gasteiger partial charge >= 0.3 is 0 Å². The molecule has 0 aromatic heterocycles. The van der Waals surface area contributed by atoms with Crippen LogP contribution in [0.2, 0.25) is 0 Å². The van der Waals surface area contributed by atoms with Crippen molar-refractivity contribution in [2.24, 2.45) is 16.8 Å². The molecule has 0 bridgehead atoms. The number of amides is 1. The minimum absolute atomic E-state index is 0.0625. The van der Waals surface area contributed by atoms with Crippen LogP contribution in [0.4, 0.5) is 0 Å². The first-order valence-corrected chi connectivity index (χ1v) is 7.77. The van der Waals surface area contributed by atoms with Crippen LogP contribution in [0, 0.1) is 11.8 Å². The Hall–Kier alpha value is -1.26. The van der Waals surface area contributed by atoms with Crippen molar-refractivity contribution < 1.29 is 4.79 Å². The van der Waals surface area contributed by atoms with Gasteiger partial charge in [0.15, 0.2) is 5.96 Å². The first-order chi connectivity index (χ1) is 9.60. The summed E-state index contributed by atoms with van der Waals surface area (Å²) in [6, 6.07) is 0.509. The number of nitrogens with one attached hydrogen (secondary N) is 2. The van der Waals surface area contributed by atoms with Gasteiger partial charge < -0.3 is 15.5 Å². The number of aliphatic imine (C=N–C) groups is 1. The number of guanidine groups is 1. The van der Waals surface area contributed by atoms with Gasteiger partial charge in [0.2, 0.25) is 5.91 Å². The molecule has 2 rings (SSSR count). The smallest absolute Gasteiger partial charge is 0.241 e. The van der Waals surface area contributed by atoms with E-state index in [1.54, 1.807) is 26.0 Å². The van der Waals surface area contributed by atoms with E-state index in [0.717, 1.165) is 17.8 Å². The van der Waals surface area contributed by atoms with E-state index in [1.165, 1.54) is 38.5 Å². The molecule has 0 aromatic carbocycles. The zero-order valence-corrected chi connectivity index (χ0v) is 13.0. The highest BCUT2D eigenvalue weighted by Crippen LogP contribution is 2.41. The highest BCUT2D eigenvalue weighted by molar-refractivity contribution is 5.86. The summed E-state index contributed by atoms with van der Waals surface area (Å²) in [5.41, 5.74) is 0. The molecule has 0 spiro atoms. The molecule has 20 heavy (non-hydrogen) atoms. The van der Waals surface area contributed by atoms with E-state index in [1.807, 2.05) is 0 Å². The number of hydrogen-bond donors (Lipinski definition) is 2. The normalized spacial score (nSPS) is 29.8. The summed E-state index contributed by atoms with van der Waals surface area (Å²) in [6.45, 7) is 0.297. The van der Waals surface area contributed by atoms with E-state index in [9.17, 15) is 4.79 Å². The third-order valence-electron chi connectivity index (χ3n) is 4.76. The third kappa shape index (κ3) is 3.87. The van der Waals surface area contributed by atoms with Gasteiger partial charge in [0.05, 0.1) is 6.54 Å². The van der Waals surface area contributed by atoms with Crippen LogP contribution in [-0.4, -0.2) is 50.5 Å². The van der Waals surface area contributed by atoms with Crippen molar-refractivity contribution in [2.45, 2.75) is 44.6 Å². The van der Waals surface area contributed by atoms with Crippen molar-refractivity contribution in [3.63, 3.8) is 0 Å². The number of hydrogen-bond acceptors (Lipinski definition) is 2. The summed E-state index contributed by atoms with van der Waals surface area (Å²) >= 11 is 0. The molecular weight excluding hydrogens is 252 g/mol. The van der Waals surface area contributed by atoms with Gasteiger partial charge in [0, 0.05) is 27.2 Å². The number of carbonyl (C=O) groups is 1. The summed E-state index contributed by atoms with van der Waals surface area (Å²) < 4.78 is 0. The molecule has 0 saturated heterocycles. The molecule has 3 atom stereocenters. The highest BCUT2D eigenvalue weighted by Gasteiger charge is 2.33. The molecule has 2 aliphatic carbocycles. The van der Waals surface area contributed by atoms with Crippen LogP contribution in [0.3, 0.4) is 0 Å². The van der Waals surface area contributed by atoms with Gasteiger partial charge in [-0.25, -0.2) is 0 Å². The zero-order valence-electron chi connectivity index (χ0n) is 13.0. The van der Waals surface area contributed by atoms with E-state index in [-0.39, 0.29) is 5.91 Å². The van der Waals surface area contributed by atoms with Crippen LogP contribution in [0.25, 0.3) is 0 Å². The first-order valence-electron chi connectivity index (χ1n) is 7.77. The van der Waals surface area contributed by atoms with Crippen molar-refractivity contribution in [3.8, 4) is 0 Å². The van der Waals surface area contributed by atoms with Gasteiger partial charge in [0.1, 0.15) is 0 Å². The Morgan fingerprint density at radius 3 is 2.65 bits per heavy atom. The summed E-state index contributed by atoms with van der Waals surface area (Å²) in [5, 5.41) is 6.59. The fourth-order valence-corrected chi connectivity index (χ4v) is 3.54. The van der Waals surface area contributed by atoms with Gasteiger partial charge in [0.25, 0.3) is 0 Å². The van der Waals surface area contributed by atoms with Crippen LogP contribution >= 0.6 is 0 Å². The molecule has 2 aliphatic rings. The molecular formula is C15H28N4O. The number of fused-ring (bicyclic) bond motifs is 1. The maximum Gasteiger partial charge on any atom is 0.241 e. The SMILES string of the molecule is CN=C(NCC(=O)N(C)C)NC1CCC2CCCC2C1. The molecule has 5 heteroatoms. The lowest BCUT2D eigenvalue weighted by Crippen LogP contribution is -2.48. The van der Waals surface area contributed by atoms with Crippen molar-refractivity contribution >= 4 is 11.9 Å². The average Bonchev–Trinajstić information content (AvgIpc) is 2.90. The summed E-state index contributed by atoms with van der Waals surface area (Å²) in [5.74, 6) is 2.69. The Kier molecular flexibility index (Phi) is 5.26. The van der Waals surface area contributed by atoms with Crippen LogP contribution in [0.15, 0.2) is 4.99 Å². The molecule has 114 valence electrons. The molecule has 3 unspecified atom stereocenters. The Balaban J connectivity index is 1.77. The maximum atomic E-state index is 11.6. The fraction of sp³-hybridized carbons (Fsp3) is 0.867. The second-order valence-corrected chi connectivity index (χ2v) is 6.32. The monoisotopic (exact) mass is 280 g/mol. The Morgan fingerprint density at radius 1 is 1.20 bits per heavy atom. The largest absolute Gasteiger partial charge is 0.354 e. The highest BCUT2D eigenvalue weighted by atomic mass is 16.2. The predicted molar refractivity (Wildman–Crippen MR) is 81.7 cm³/mol. The molecule has 2 saturated carbocycles. The molecule has 0 aromatic rings. The molecule has 2 N–H and O–H groups in total. The van der Waals surface area contributed by atoms with Gasteiger partial charge in [-0.1, -0.05) is 19.3 Å². The van der Waals surface area contributed by atoms with Crippen molar-refractivity contribution in [1.29, 1.82) is 0 Å². The Bertz CT molecular complexity index is 367. The summed E-state index contributed by atoms with van der Waals surface area (Å²) in [6.07, 6.45) is 8.06. The summed E-state index contributed by atoms with van der Waals surface area (Å²) in [7, 11) is 5.29. The Labute approximate surface area is 122 Å². The second kappa shape index (κ2) is 6.95. The van der Waals surface area contributed by atoms with Crippen LogP contribution in [-0.2, 0) is 4.79 Å². The lowest BCUT2D eigenvalue weighted by atomic mass is 9.79. The molecule has 0 aliphatic heterocycles. The van der Waals surface area contributed by atoms with Gasteiger partial charge in [-0.3, -0.25) is 9.79 Å². The fourth-order valence-electron chi connectivity index (χ4n) is 3.54. The molecule has 0 radical (unpaired) electrons. The van der Waals surface area contributed by atoms with E-state index >= 15 is 0 Å².